The maximum absolute atomic E-state index is 12.0. The van der Waals surface area contributed by atoms with Gasteiger partial charge < -0.3 is 10.5 Å². The Morgan fingerprint density at radius 2 is 1.43 bits per heavy atom. The van der Waals surface area contributed by atoms with E-state index < -0.39 is 11.0 Å². The minimum atomic E-state index is -1.24. The number of hydrogen-bond acceptors (Lipinski definition) is 2. The van der Waals surface area contributed by atoms with Gasteiger partial charge in [-0.3, -0.25) is 0 Å². The summed E-state index contributed by atoms with van der Waals surface area (Å²) in [6.45, 7) is 8.50. The topological polar surface area (TPSA) is 55.1 Å². The SMILES string of the molecule is CC.CC.NCc1ccc(S(=O)Nc2ccccc2)cc1. The van der Waals surface area contributed by atoms with Crippen molar-refractivity contribution in [3.05, 3.63) is 60.2 Å². The summed E-state index contributed by atoms with van der Waals surface area (Å²) in [6.07, 6.45) is 0. The zero-order valence-electron chi connectivity index (χ0n) is 13.3. The van der Waals surface area contributed by atoms with Gasteiger partial charge in [-0.05, 0) is 29.8 Å². The molecule has 3 N–H and O–H groups in total. The third-order valence-electron chi connectivity index (χ3n) is 2.36. The predicted octanol–water partition coefficient (Wildman–Crippen LogP) is 4.33. The highest BCUT2D eigenvalue weighted by atomic mass is 32.2. The van der Waals surface area contributed by atoms with Crippen LogP contribution in [0.15, 0.2) is 59.5 Å². The van der Waals surface area contributed by atoms with E-state index in [9.17, 15) is 4.21 Å². The number of para-hydroxylation sites is 1. The van der Waals surface area contributed by atoms with Gasteiger partial charge in [0.15, 0.2) is 0 Å². The molecule has 3 nitrogen and oxygen atoms in total. The molecule has 0 saturated heterocycles. The van der Waals surface area contributed by atoms with Gasteiger partial charge in [0.25, 0.3) is 0 Å². The molecule has 2 rings (SSSR count). The largest absolute Gasteiger partial charge is 0.326 e. The summed E-state index contributed by atoms with van der Waals surface area (Å²) >= 11 is 0. The number of nitrogens with two attached hydrogens (primary N) is 1. The Bertz CT molecular complexity index is 498. The van der Waals surface area contributed by atoms with Crippen molar-refractivity contribution >= 4 is 16.7 Å². The molecule has 1 atom stereocenters. The van der Waals surface area contributed by atoms with Crippen molar-refractivity contribution < 1.29 is 4.21 Å². The number of anilines is 1. The first kappa shape index (κ1) is 19.4. The number of nitrogens with one attached hydrogen (secondary N) is 1. The van der Waals surface area contributed by atoms with Crippen molar-refractivity contribution in [1.82, 2.24) is 0 Å². The maximum atomic E-state index is 12.0. The minimum absolute atomic E-state index is 0.499. The Balaban J connectivity index is 0.000000921. The zero-order valence-corrected chi connectivity index (χ0v) is 14.1. The van der Waals surface area contributed by atoms with Gasteiger partial charge in [-0.1, -0.05) is 58.0 Å². The Labute approximate surface area is 131 Å². The van der Waals surface area contributed by atoms with Crippen LogP contribution in [0.2, 0.25) is 0 Å². The van der Waals surface area contributed by atoms with E-state index in [1.165, 1.54) is 0 Å². The Morgan fingerprint density at radius 3 is 1.90 bits per heavy atom. The van der Waals surface area contributed by atoms with Gasteiger partial charge >= 0.3 is 0 Å². The van der Waals surface area contributed by atoms with Gasteiger partial charge in [0.05, 0.1) is 4.90 Å². The second kappa shape index (κ2) is 12.1. The summed E-state index contributed by atoms with van der Waals surface area (Å²) in [5.74, 6) is 0. The van der Waals surface area contributed by atoms with Crippen LogP contribution < -0.4 is 10.5 Å². The fourth-order valence-corrected chi connectivity index (χ4v) is 2.27. The molecule has 21 heavy (non-hydrogen) atoms. The second-order valence-electron chi connectivity index (χ2n) is 3.58. The molecule has 0 fully saturated rings. The van der Waals surface area contributed by atoms with Crippen molar-refractivity contribution in [2.75, 3.05) is 4.72 Å². The smallest absolute Gasteiger partial charge is 0.150 e. The second-order valence-corrected chi connectivity index (χ2v) is 4.80. The lowest BCUT2D eigenvalue weighted by Gasteiger charge is -2.06. The van der Waals surface area contributed by atoms with E-state index in [2.05, 4.69) is 4.72 Å². The van der Waals surface area contributed by atoms with E-state index in [1.807, 2.05) is 82.3 Å². The molecular formula is C17H26N2OS. The highest BCUT2D eigenvalue weighted by molar-refractivity contribution is 7.86. The molecule has 0 aliphatic carbocycles. The number of benzene rings is 2. The van der Waals surface area contributed by atoms with Crippen LogP contribution in [-0.2, 0) is 17.5 Å². The molecular weight excluding hydrogens is 280 g/mol. The zero-order chi connectivity index (χ0) is 16.1. The van der Waals surface area contributed by atoms with Crippen LogP contribution >= 0.6 is 0 Å². The number of rotatable bonds is 4. The highest BCUT2D eigenvalue weighted by Crippen LogP contribution is 2.12. The van der Waals surface area contributed by atoms with Crippen molar-refractivity contribution in [3.63, 3.8) is 0 Å². The first-order valence-electron chi connectivity index (χ1n) is 7.32. The monoisotopic (exact) mass is 306 g/mol. The van der Waals surface area contributed by atoms with E-state index in [1.54, 1.807) is 0 Å². The quantitative estimate of drug-likeness (QED) is 0.883. The molecule has 0 heterocycles. The van der Waals surface area contributed by atoms with Crippen LogP contribution in [0.5, 0.6) is 0 Å². The molecule has 0 aromatic heterocycles. The lowest BCUT2D eigenvalue weighted by molar-refractivity contribution is 0.686. The minimum Gasteiger partial charge on any atom is -0.326 e. The fourth-order valence-electron chi connectivity index (χ4n) is 1.42. The van der Waals surface area contributed by atoms with Crippen LogP contribution in [0.1, 0.15) is 33.3 Å². The third kappa shape index (κ3) is 7.06. The van der Waals surface area contributed by atoms with E-state index in [-0.39, 0.29) is 0 Å². The summed E-state index contributed by atoms with van der Waals surface area (Å²) in [6, 6.07) is 16.9. The first-order chi connectivity index (χ1) is 10.3. The molecule has 0 saturated carbocycles. The van der Waals surface area contributed by atoms with Crippen molar-refractivity contribution in [3.8, 4) is 0 Å². The first-order valence-corrected chi connectivity index (χ1v) is 8.47. The van der Waals surface area contributed by atoms with E-state index in [0.717, 1.165) is 16.1 Å². The van der Waals surface area contributed by atoms with Gasteiger partial charge in [-0.2, -0.15) is 0 Å². The molecule has 116 valence electrons. The fraction of sp³-hybridized carbons (Fsp3) is 0.294. The molecule has 0 aliphatic rings. The van der Waals surface area contributed by atoms with Crippen LogP contribution in [0.4, 0.5) is 5.69 Å². The van der Waals surface area contributed by atoms with Crippen LogP contribution in [0, 0.1) is 0 Å². The van der Waals surface area contributed by atoms with Gasteiger partial charge in [-0.15, -0.1) is 0 Å². The summed E-state index contributed by atoms with van der Waals surface area (Å²) in [4.78, 5) is 0.742. The van der Waals surface area contributed by atoms with Gasteiger partial charge in [0, 0.05) is 12.2 Å². The predicted molar refractivity (Wildman–Crippen MR) is 93.5 cm³/mol. The van der Waals surface area contributed by atoms with Gasteiger partial charge in [0.1, 0.15) is 11.0 Å². The van der Waals surface area contributed by atoms with Gasteiger partial charge in [0.2, 0.25) is 0 Å². The van der Waals surface area contributed by atoms with Crippen molar-refractivity contribution in [1.29, 1.82) is 0 Å². The Morgan fingerprint density at radius 1 is 0.905 bits per heavy atom. The average Bonchev–Trinajstić information content (AvgIpc) is 2.59. The molecule has 1 unspecified atom stereocenters. The Kier molecular flexibility index (Phi) is 11.2. The lowest BCUT2D eigenvalue weighted by Crippen LogP contribution is -2.05. The molecule has 0 radical (unpaired) electrons. The van der Waals surface area contributed by atoms with Crippen LogP contribution in [-0.4, -0.2) is 4.21 Å². The normalized spacial score (nSPS) is 10.3. The summed E-state index contributed by atoms with van der Waals surface area (Å²) in [7, 11) is -1.24. The van der Waals surface area contributed by atoms with Crippen LogP contribution in [0.3, 0.4) is 0 Å². The van der Waals surface area contributed by atoms with E-state index in [4.69, 9.17) is 5.73 Å². The van der Waals surface area contributed by atoms with E-state index >= 15 is 0 Å². The summed E-state index contributed by atoms with van der Waals surface area (Å²) < 4.78 is 14.9. The molecule has 2 aromatic rings. The molecule has 0 amide bonds. The Hall–Kier alpha value is -1.65. The molecule has 0 spiro atoms. The van der Waals surface area contributed by atoms with E-state index in [0.29, 0.717) is 6.54 Å². The standard InChI is InChI=1S/C13H14N2OS.2C2H6/c14-10-11-6-8-13(9-7-11)17(16)15-12-4-2-1-3-5-12;2*1-2/h1-9,15H,10,14H2;2*1-2H3. The van der Waals surface area contributed by atoms with Crippen LogP contribution in [0.25, 0.3) is 0 Å². The third-order valence-corrected chi connectivity index (χ3v) is 3.48. The van der Waals surface area contributed by atoms with Crippen molar-refractivity contribution in [2.45, 2.75) is 39.1 Å². The highest BCUT2D eigenvalue weighted by Gasteiger charge is 2.03. The molecule has 2 aromatic carbocycles. The lowest BCUT2D eigenvalue weighted by atomic mass is 10.2. The van der Waals surface area contributed by atoms with Gasteiger partial charge in [-0.25, -0.2) is 4.21 Å². The molecule has 0 bridgehead atoms. The van der Waals surface area contributed by atoms with Crippen molar-refractivity contribution in [2.24, 2.45) is 5.73 Å². The summed E-state index contributed by atoms with van der Waals surface area (Å²) in [5, 5.41) is 0. The average molecular weight is 306 g/mol. The summed E-state index contributed by atoms with van der Waals surface area (Å²) in [5.41, 5.74) is 7.38. The number of hydrogen-bond donors (Lipinski definition) is 2. The molecule has 4 heteroatoms. The maximum Gasteiger partial charge on any atom is 0.150 e. The molecule has 0 aliphatic heterocycles.